The second-order valence-electron chi connectivity index (χ2n) is 6.40. The van der Waals surface area contributed by atoms with E-state index in [1.807, 2.05) is 19.9 Å². The first-order valence-electron chi connectivity index (χ1n) is 8.80. The molecule has 3 rings (SSSR count). The summed E-state index contributed by atoms with van der Waals surface area (Å²) in [7, 11) is 0. The van der Waals surface area contributed by atoms with Crippen LogP contribution in [0, 0.1) is 13.8 Å². The van der Waals surface area contributed by atoms with Crippen LogP contribution in [-0.4, -0.2) is 47.0 Å². The van der Waals surface area contributed by atoms with Crippen LogP contribution < -0.4 is 11.1 Å². The number of aryl methyl sites for hydroxylation is 2. The Morgan fingerprint density at radius 2 is 2.00 bits per heavy atom. The van der Waals surface area contributed by atoms with Gasteiger partial charge in [-0.3, -0.25) is 10.3 Å². The minimum absolute atomic E-state index is 0.358. The molecule has 1 saturated heterocycles. The molecule has 0 aliphatic carbocycles. The zero-order valence-electron chi connectivity index (χ0n) is 15.0. The molecule has 25 heavy (non-hydrogen) atoms. The number of likely N-dealkylation sites (tertiary alicyclic amines) is 1. The van der Waals surface area contributed by atoms with Gasteiger partial charge in [-0.25, -0.2) is 9.97 Å². The Labute approximate surface area is 148 Å². The predicted molar refractivity (Wildman–Crippen MR) is 99.6 cm³/mol. The Hall–Kier alpha value is -2.41. The van der Waals surface area contributed by atoms with Crippen molar-refractivity contribution in [3.63, 3.8) is 0 Å². The average Bonchev–Trinajstić information content (AvgIpc) is 3.24. The lowest BCUT2D eigenvalue weighted by Crippen LogP contribution is -2.25. The van der Waals surface area contributed by atoms with E-state index in [1.165, 1.54) is 25.9 Å². The summed E-state index contributed by atoms with van der Waals surface area (Å²) in [4.78, 5) is 15.8. The highest BCUT2D eigenvalue weighted by Gasteiger charge is 2.12. The Kier molecular flexibility index (Phi) is 5.65. The Balaban J connectivity index is 1.57. The molecule has 0 spiro atoms. The first-order chi connectivity index (χ1) is 12.1. The molecular formula is C18H26N6O. The van der Waals surface area contributed by atoms with Gasteiger partial charge < -0.3 is 15.1 Å². The van der Waals surface area contributed by atoms with Crippen LogP contribution in [0.15, 0.2) is 28.0 Å². The maximum Gasteiger partial charge on any atom is 0.229 e. The van der Waals surface area contributed by atoms with Gasteiger partial charge in [0.15, 0.2) is 5.96 Å². The zero-order chi connectivity index (χ0) is 17.6. The van der Waals surface area contributed by atoms with E-state index in [1.54, 1.807) is 12.5 Å². The van der Waals surface area contributed by atoms with Crippen molar-refractivity contribution in [2.24, 2.45) is 10.7 Å². The van der Waals surface area contributed by atoms with Crippen LogP contribution in [0.25, 0.3) is 11.1 Å². The number of rotatable bonds is 6. The second kappa shape index (κ2) is 8.11. The van der Waals surface area contributed by atoms with Crippen LogP contribution >= 0.6 is 0 Å². The highest BCUT2D eigenvalue weighted by molar-refractivity contribution is 5.90. The number of nitrogens with zero attached hydrogens (tertiary/aromatic N) is 4. The number of aliphatic imine (C=N–C) groups is 1. The van der Waals surface area contributed by atoms with Crippen molar-refractivity contribution in [2.45, 2.75) is 33.1 Å². The third kappa shape index (κ3) is 4.57. The standard InChI is InChI=1S/C18H26N6O/c1-13-16(15-6-11-25-12-15)14(2)22-18(21-13)23-17(19)20-7-5-10-24-8-3-4-9-24/h6,11-12H,3-5,7-10H2,1-2H3,(H3,19,20,21,22,23). The van der Waals surface area contributed by atoms with Crippen LogP contribution in [0.4, 0.5) is 5.95 Å². The molecule has 7 nitrogen and oxygen atoms in total. The molecule has 1 fully saturated rings. The lowest BCUT2D eigenvalue weighted by atomic mass is 10.1. The third-order valence-electron chi connectivity index (χ3n) is 4.43. The number of nitrogens with two attached hydrogens (primary N) is 1. The van der Waals surface area contributed by atoms with Crippen LogP contribution in [0.1, 0.15) is 30.7 Å². The van der Waals surface area contributed by atoms with Crippen molar-refractivity contribution in [3.8, 4) is 11.1 Å². The number of aromatic nitrogens is 2. The van der Waals surface area contributed by atoms with Gasteiger partial charge in [0.05, 0.1) is 23.9 Å². The van der Waals surface area contributed by atoms with Crippen molar-refractivity contribution in [2.75, 3.05) is 31.5 Å². The molecule has 0 bridgehead atoms. The quantitative estimate of drug-likeness (QED) is 0.476. The summed E-state index contributed by atoms with van der Waals surface area (Å²) in [5.74, 6) is 0.833. The van der Waals surface area contributed by atoms with Gasteiger partial charge in [0, 0.05) is 17.7 Å². The number of nitrogens with one attached hydrogen (secondary N) is 1. The van der Waals surface area contributed by atoms with E-state index in [4.69, 9.17) is 10.2 Å². The van der Waals surface area contributed by atoms with Gasteiger partial charge in [-0.2, -0.15) is 0 Å². The Morgan fingerprint density at radius 1 is 1.28 bits per heavy atom. The summed E-state index contributed by atoms with van der Waals surface area (Å²) in [6.07, 6.45) is 6.99. The summed E-state index contributed by atoms with van der Waals surface area (Å²) >= 11 is 0. The summed E-state index contributed by atoms with van der Waals surface area (Å²) in [5.41, 5.74) is 9.67. The van der Waals surface area contributed by atoms with Crippen LogP contribution in [0.3, 0.4) is 0 Å². The fraction of sp³-hybridized carbons (Fsp3) is 0.500. The first kappa shape index (κ1) is 17.4. The largest absolute Gasteiger partial charge is 0.472 e. The van der Waals surface area contributed by atoms with Gasteiger partial charge >= 0.3 is 0 Å². The fourth-order valence-corrected chi connectivity index (χ4v) is 3.25. The molecule has 2 aromatic heterocycles. The molecule has 3 heterocycles. The molecule has 1 aliphatic heterocycles. The molecule has 0 radical (unpaired) electrons. The first-order valence-corrected chi connectivity index (χ1v) is 8.80. The number of anilines is 1. The van der Waals surface area contributed by atoms with Gasteiger partial charge in [0.2, 0.25) is 5.95 Å². The molecule has 0 amide bonds. The minimum Gasteiger partial charge on any atom is -0.472 e. The minimum atomic E-state index is 0.358. The monoisotopic (exact) mass is 342 g/mol. The molecule has 0 aromatic carbocycles. The Bertz CT molecular complexity index is 696. The maximum atomic E-state index is 5.96. The predicted octanol–water partition coefficient (Wildman–Crippen LogP) is 2.57. The van der Waals surface area contributed by atoms with E-state index >= 15 is 0 Å². The van der Waals surface area contributed by atoms with E-state index in [0.717, 1.165) is 35.5 Å². The molecule has 0 unspecified atom stereocenters. The Morgan fingerprint density at radius 3 is 2.64 bits per heavy atom. The van der Waals surface area contributed by atoms with E-state index in [9.17, 15) is 0 Å². The van der Waals surface area contributed by atoms with Crippen molar-refractivity contribution in [1.82, 2.24) is 14.9 Å². The van der Waals surface area contributed by atoms with E-state index in [-0.39, 0.29) is 0 Å². The molecule has 0 saturated carbocycles. The SMILES string of the molecule is Cc1nc(NC(N)=NCCCN2CCCC2)nc(C)c1-c1ccoc1. The summed E-state index contributed by atoms with van der Waals surface area (Å²) < 4.78 is 5.15. The lowest BCUT2D eigenvalue weighted by molar-refractivity contribution is 0.336. The van der Waals surface area contributed by atoms with Crippen LogP contribution in [-0.2, 0) is 0 Å². The maximum absolute atomic E-state index is 5.96. The second-order valence-corrected chi connectivity index (χ2v) is 6.40. The molecule has 134 valence electrons. The van der Waals surface area contributed by atoms with Gasteiger partial charge in [-0.05, 0) is 58.8 Å². The van der Waals surface area contributed by atoms with E-state index < -0.39 is 0 Å². The van der Waals surface area contributed by atoms with Crippen molar-refractivity contribution in [3.05, 3.63) is 30.0 Å². The highest BCUT2D eigenvalue weighted by Crippen LogP contribution is 2.26. The molecule has 3 N–H and O–H groups in total. The highest BCUT2D eigenvalue weighted by atomic mass is 16.3. The van der Waals surface area contributed by atoms with Gasteiger partial charge in [0.1, 0.15) is 0 Å². The van der Waals surface area contributed by atoms with Gasteiger partial charge in [-0.15, -0.1) is 0 Å². The lowest BCUT2D eigenvalue weighted by Gasteiger charge is -2.13. The van der Waals surface area contributed by atoms with E-state index in [2.05, 4.69) is 25.2 Å². The molecule has 0 atom stereocenters. The molecule has 2 aromatic rings. The summed E-state index contributed by atoms with van der Waals surface area (Å²) in [5, 5.41) is 2.99. The van der Waals surface area contributed by atoms with Gasteiger partial charge in [-0.1, -0.05) is 0 Å². The zero-order valence-corrected chi connectivity index (χ0v) is 15.0. The molecule has 1 aliphatic rings. The third-order valence-corrected chi connectivity index (χ3v) is 4.43. The number of furan rings is 1. The van der Waals surface area contributed by atoms with Crippen LogP contribution in [0.5, 0.6) is 0 Å². The normalized spacial score (nSPS) is 15.7. The van der Waals surface area contributed by atoms with Crippen molar-refractivity contribution < 1.29 is 4.42 Å². The van der Waals surface area contributed by atoms with E-state index in [0.29, 0.717) is 18.5 Å². The number of hydrogen-bond acceptors (Lipinski definition) is 5. The fourth-order valence-electron chi connectivity index (χ4n) is 3.25. The van der Waals surface area contributed by atoms with Crippen molar-refractivity contribution in [1.29, 1.82) is 0 Å². The smallest absolute Gasteiger partial charge is 0.229 e. The molecule has 7 heteroatoms. The van der Waals surface area contributed by atoms with Gasteiger partial charge in [0.25, 0.3) is 0 Å². The summed E-state index contributed by atoms with van der Waals surface area (Å²) in [6, 6.07) is 1.90. The van der Waals surface area contributed by atoms with Crippen LogP contribution in [0.2, 0.25) is 0 Å². The number of hydrogen-bond donors (Lipinski definition) is 2. The topological polar surface area (TPSA) is 92.6 Å². The molecular weight excluding hydrogens is 316 g/mol. The average molecular weight is 342 g/mol. The number of guanidine groups is 1. The summed E-state index contributed by atoms with van der Waals surface area (Å²) in [6.45, 7) is 8.13. The van der Waals surface area contributed by atoms with Crippen molar-refractivity contribution >= 4 is 11.9 Å².